The maximum absolute atomic E-state index is 3.71. The second-order valence-electron chi connectivity index (χ2n) is 5.16. The van der Waals surface area contributed by atoms with Crippen LogP contribution in [0.3, 0.4) is 0 Å². The standard InChI is InChI=1S/C11H20N2/c1-13(10-4-5-10)11-6-8-2-3-9(7-11)12-8/h8-12H,2-7H2,1H3. The minimum atomic E-state index is 0.852. The number of rotatable bonds is 2. The van der Waals surface area contributed by atoms with Crippen LogP contribution in [0.5, 0.6) is 0 Å². The van der Waals surface area contributed by atoms with E-state index in [9.17, 15) is 0 Å². The fourth-order valence-electron chi connectivity index (χ4n) is 3.14. The van der Waals surface area contributed by atoms with Gasteiger partial charge in [-0.3, -0.25) is 0 Å². The van der Waals surface area contributed by atoms with Crippen molar-refractivity contribution in [1.82, 2.24) is 10.2 Å². The third-order valence-electron chi connectivity index (χ3n) is 4.15. The number of piperidine rings is 1. The van der Waals surface area contributed by atoms with Gasteiger partial charge in [0.25, 0.3) is 0 Å². The van der Waals surface area contributed by atoms with Gasteiger partial charge in [-0.15, -0.1) is 0 Å². The summed E-state index contributed by atoms with van der Waals surface area (Å²) >= 11 is 0. The summed E-state index contributed by atoms with van der Waals surface area (Å²) in [6.45, 7) is 0. The van der Waals surface area contributed by atoms with Crippen molar-refractivity contribution in [2.45, 2.75) is 62.7 Å². The Morgan fingerprint density at radius 1 is 0.923 bits per heavy atom. The van der Waals surface area contributed by atoms with E-state index < -0.39 is 0 Å². The smallest absolute Gasteiger partial charge is 0.0125 e. The molecule has 1 saturated carbocycles. The molecule has 0 aromatic heterocycles. The van der Waals surface area contributed by atoms with Gasteiger partial charge in [-0.2, -0.15) is 0 Å². The lowest BCUT2D eigenvalue weighted by Crippen LogP contribution is -2.47. The van der Waals surface area contributed by atoms with Crippen LogP contribution in [0.15, 0.2) is 0 Å². The molecule has 2 heterocycles. The van der Waals surface area contributed by atoms with Crippen LogP contribution in [-0.4, -0.2) is 36.1 Å². The fourth-order valence-corrected chi connectivity index (χ4v) is 3.14. The molecule has 2 bridgehead atoms. The van der Waals surface area contributed by atoms with Crippen LogP contribution >= 0.6 is 0 Å². The Morgan fingerprint density at radius 2 is 1.54 bits per heavy atom. The van der Waals surface area contributed by atoms with Crippen molar-refractivity contribution in [2.75, 3.05) is 7.05 Å². The maximum atomic E-state index is 3.71. The van der Waals surface area contributed by atoms with Crippen molar-refractivity contribution in [3.63, 3.8) is 0 Å². The molecule has 0 spiro atoms. The summed E-state index contributed by atoms with van der Waals surface area (Å²) in [4.78, 5) is 2.66. The largest absolute Gasteiger partial charge is 0.311 e. The van der Waals surface area contributed by atoms with Crippen LogP contribution in [0, 0.1) is 0 Å². The first-order valence-corrected chi connectivity index (χ1v) is 5.81. The van der Waals surface area contributed by atoms with Crippen LogP contribution in [0.4, 0.5) is 0 Å². The molecule has 2 atom stereocenters. The molecule has 2 unspecified atom stereocenters. The average Bonchev–Trinajstić information content (AvgIpc) is 2.92. The fraction of sp³-hybridized carbons (Fsp3) is 1.00. The second-order valence-corrected chi connectivity index (χ2v) is 5.16. The molecule has 1 N–H and O–H groups in total. The molecule has 0 aromatic carbocycles. The van der Waals surface area contributed by atoms with Crippen molar-refractivity contribution in [2.24, 2.45) is 0 Å². The Labute approximate surface area is 80.7 Å². The number of fused-ring (bicyclic) bond motifs is 2. The maximum Gasteiger partial charge on any atom is 0.0125 e. The molecule has 0 aromatic rings. The summed E-state index contributed by atoms with van der Waals surface area (Å²) in [7, 11) is 2.34. The number of hydrogen-bond donors (Lipinski definition) is 1. The number of nitrogens with zero attached hydrogens (tertiary/aromatic N) is 1. The molecule has 2 aliphatic heterocycles. The van der Waals surface area contributed by atoms with Crippen LogP contribution in [-0.2, 0) is 0 Å². The van der Waals surface area contributed by atoms with Crippen molar-refractivity contribution >= 4 is 0 Å². The quantitative estimate of drug-likeness (QED) is 0.690. The minimum absolute atomic E-state index is 0.852. The van der Waals surface area contributed by atoms with Gasteiger partial charge in [0.1, 0.15) is 0 Å². The van der Waals surface area contributed by atoms with Gasteiger partial charge in [0.2, 0.25) is 0 Å². The van der Waals surface area contributed by atoms with Gasteiger partial charge in [-0.25, -0.2) is 0 Å². The Morgan fingerprint density at radius 3 is 2.08 bits per heavy atom. The average molecular weight is 180 g/mol. The van der Waals surface area contributed by atoms with Gasteiger partial charge >= 0.3 is 0 Å². The van der Waals surface area contributed by atoms with Crippen LogP contribution in [0.2, 0.25) is 0 Å². The zero-order valence-corrected chi connectivity index (χ0v) is 8.50. The highest BCUT2D eigenvalue weighted by molar-refractivity contribution is 4.97. The molecule has 2 heteroatoms. The summed E-state index contributed by atoms with van der Waals surface area (Å²) in [5, 5.41) is 3.71. The number of nitrogens with one attached hydrogen (secondary N) is 1. The summed E-state index contributed by atoms with van der Waals surface area (Å²) in [5.74, 6) is 0. The van der Waals surface area contributed by atoms with Gasteiger partial charge in [-0.05, 0) is 45.6 Å². The third-order valence-corrected chi connectivity index (χ3v) is 4.15. The van der Waals surface area contributed by atoms with Crippen molar-refractivity contribution in [1.29, 1.82) is 0 Å². The van der Waals surface area contributed by atoms with Crippen molar-refractivity contribution < 1.29 is 0 Å². The Balaban J connectivity index is 1.64. The first kappa shape index (κ1) is 8.25. The molecule has 3 aliphatic rings. The van der Waals surface area contributed by atoms with Crippen molar-refractivity contribution in [3.05, 3.63) is 0 Å². The molecule has 0 radical (unpaired) electrons. The lowest BCUT2D eigenvalue weighted by molar-refractivity contribution is 0.165. The van der Waals surface area contributed by atoms with E-state index in [0.29, 0.717) is 0 Å². The number of hydrogen-bond acceptors (Lipinski definition) is 2. The van der Waals surface area contributed by atoms with E-state index >= 15 is 0 Å². The normalized spacial score (nSPS) is 44.3. The Bertz CT molecular complexity index is 188. The molecule has 13 heavy (non-hydrogen) atoms. The highest BCUT2D eigenvalue weighted by Crippen LogP contribution is 2.34. The first-order valence-electron chi connectivity index (χ1n) is 5.81. The van der Waals surface area contributed by atoms with Gasteiger partial charge in [0.05, 0.1) is 0 Å². The van der Waals surface area contributed by atoms with E-state index in [2.05, 4.69) is 17.3 Å². The van der Waals surface area contributed by atoms with E-state index in [1.54, 1.807) is 0 Å². The highest BCUT2D eigenvalue weighted by atomic mass is 15.2. The molecule has 1 aliphatic carbocycles. The topological polar surface area (TPSA) is 15.3 Å². The van der Waals surface area contributed by atoms with Crippen LogP contribution in [0.25, 0.3) is 0 Å². The summed E-state index contributed by atoms with van der Waals surface area (Å²) in [6.07, 6.45) is 8.58. The van der Waals surface area contributed by atoms with Gasteiger partial charge in [-0.1, -0.05) is 0 Å². The van der Waals surface area contributed by atoms with E-state index in [1.807, 2.05) is 0 Å². The molecule has 74 valence electrons. The SMILES string of the molecule is CN(C1CC1)C1CC2CCC(C1)N2. The third kappa shape index (κ3) is 1.50. The lowest BCUT2D eigenvalue weighted by Gasteiger charge is -2.35. The Kier molecular flexibility index (Phi) is 1.88. The van der Waals surface area contributed by atoms with Gasteiger partial charge in [0.15, 0.2) is 0 Å². The molecule has 2 saturated heterocycles. The van der Waals surface area contributed by atoms with Crippen molar-refractivity contribution in [3.8, 4) is 0 Å². The predicted molar refractivity (Wildman–Crippen MR) is 53.8 cm³/mol. The van der Waals surface area contributed by atoms with Crippen LogP contribution in [0.1, 0.15) is 38.5 Å². The van der Waals surface area contributed by atoms with Gasteiger partial charge in [0, 0.05) is 24.2 Å². The summed E-state index contributed by atoms with van der Waals surface area (Å²) in [6, 6.07) is 3.55. The van der Waals surface area contributed by atoms with E-state index in [0.717, 1.165) is 24.2 Å². The molecule has 3 fully saturated rings. The summed E-state index contributed by atoms with van der Waals surface area (Å²) < 4.78 is 0. The predicted octanol–water partition coefficient (Wildman–Crippen LogP) is 1.36. The van der Waals surface area contributed by atoms with E-state index in [4.69, 9.17) is 0 Å². The zero-order valence-electron chi connectivity index (χ0n) is 8.50. The first-order chi connectivity index (χ1) is 6.33. The minimum Gasteiger partial charge on any atom is -0.311 e. The lowest BCUT2D eigenvalue weighted by atomic mass is 9.98. The van der Waals surface area contributed by atoms with Crippen LogP contribution < -0.4 is 5.32 Å². The highest BCUT2D eigenvalue weighted by Gasteiger charge is 2.38. The summed E-state index contributed by atoms with van der Waals surface area (Å²) in [5.41, 5.74) is 0. The zero-order chi connectivity index (χ0) is 8.84. The Hall–Kier alpha value is -0.0800. The van der Waals surface area contributed by atoms with E-state index in [1.165, 1.54) is 38.5 Å². The monoisotopic (exact) mass is 180 g/mol. The second kappa shape index (κ2) is 2.96. The molecular formula is C11H20N2. The van der Waals surface area contributed by atoms with E-state index in [-0.39, 0.29) is 0 Å². The molecule has 3 rings (SSSR count). The molecule has 2 nitrogen and oxygen atoms in total. The van der Waals surface area contributed by atoms with Gasteiger partial charge < -0.3 is 10.2 Å². The molecular weight excluding hydrogens is 160 g/mol. The molecule has 0 amide bonds.